The lowest BCUT2D eigenvalue weighted by atomic mass is 9.86. The Labute approximate surface area is 163 Å². The van der Waals surface area contributed by atoms with Gasteiger partial charge >= 0.3 is 5.97 Å². The highest BCUT2D eigenvalue weighted by Gasteiger charge is 2.45. The molecule has 3 rings (SSSR count). The van der Waals surface area contributed by atoms with Crippen LogP contribution >= 0.6 is 31.9 Å². The molecule has 0 fully saturated rings. The van der Waals surface area contributed by atoms with Crippen LogP contribution in [0.3, 0.4) is 0 Å². The first kappa shape index (κ1) is 18.5. The number of Topliss-reactive ketones (excluding diaryl/α,β-unsaturated/α-hetero) is 3. The summed E-state index contributed by atoms with van der Waals surface area (Å²) in [5.74, 6) is -3.40. The van der Waals surface area contributed by atoms with Gasteiger partial charge in [0.2, 0.25) is 11.6 Å². The van der Waals surface area contributed by atoms with Gasteiger partial charge in [0.05, 0.1) is 20.5 Å². The van der Waals surface area contributed by atoms with Crippen LogP contribution in [0.1, 0.15) is 10.4 Å². The topological polar surface area (TPSA) is 107 Å². The molecule has 1 aliphatic carbocycles. The summed E-state index contributed by atoms with van der Waals surface area (Å²) in [4.78, 5) is 47.6. The third-order valence-corrected chi connectivity index (χ3v) is 5.89. The molecule has 1 N–H and O–H groups in total. The maximum Gasteiger partial charge on any atom is 0.341 e. The van der Waals surface area contributed by atoms with E-state index in [2.05, 4.69) is 31.9 Å². The molecule has 0 amide bonds. The van der Waals surface area contributed by atoms with Crippen molar-refractivity contribution in [3.8, 4) is 5.75 Å². The van der Waals surface area contributed by atoms with Crippen LogP contribution < -0.4 is 4.74 Å². The van der Waals surface area contributed by atoms with Crippen LogP contribution in [0.4, 0.5) is 0 Å². The maximum absolute atomic E-state index is 12.8. The van der Waals surface area contributed by atoms with E-state index < -0.39 is 30.1 Å². The molecule has 0 bridgehead atoms. The summed E-state index contributed by atoms with van der Waals surface area (Å²) in [5, 5.41) is 8.59. The fourth-order valence-electron chi connectivity index (χ4n) is 2.62. The van der Waals surface area contributed by atoms with E-state index in [9.17, 15) is 19.2 Å². The number of ketones is 3. The van der Waals surface area contributed by atoms with Crippen LogP contribution in [-0.2, 0) is 19.1 Å². The van der Waals surface area contributed by atoms with Gasteiger partial charge in [-0.25, -0.2) is 4.79 Å². The zero-order valence-corrected chi connectivity index (χ0v) is 16.1. The lowest BCUT2D eigenvalue weighted by Gasteiger charge is -2.14. The molecule has 0 saturated carbocycles. The summed E-state index contributed by atoms with van der Waals surface area (Å²) in [6.07, 6.45) is 0. The van der Waals surface area contributed by atoms with Crippen LogP contribution in [-0.4, -0.2) is 41.6 Å². The molecule has 1 unspecified atom stereocenters. The number of hydrogen-bond donors (Lipinski definition) is 1. The van der Waals surface area contributed by atoms with Gasteiger partial charge in [-0.3, -0.25) is 14.4 Å². The zero-order valence-electron chi connectivity index (χ0n) is 13.0. The van der Waals surface area contributed by atoms with Gasteiger partial charge in [0.1, 0.15) is 18.1 Å². The van der Waals surface area contributed by atoms with Crippen molar-refractivity contribution in [2.24, 2.45) is 5.92 Å². The van der Waals surface area contributed by atoms with Crippen molar-refractivity contribution in [2.75, 3.05) is 13.2 Å². The largest absolute Gasteiger partial charge is 0.491 e. The van der Waals surface area contributed by atoms with Gasteiger partial charge in [-0.15, -0.1) is 0 Å². The van der Waals surface area contributed by atoms with Crippen molar-refractivity contribution >= 4 is 55.2 Å². The number of carbonyl (C=O) groups is 4. The van der Waals surface area contributed by atoms with E-state index in [0.29, 0.717) is 15.8 Å². The number of benzene rings is 1. The highest BCUT2D eigenvalue weighted by Crippen LogP contribution is 2.42. The summed E-state index contributed by atoms with van der Waals surface area (Å²) in [7, 11) is 0. The van der Waals surface area contributed by atoms with Crippen LogP contribution in [0.5, 0.6) is 5.75 Å². The standard InChI is InChI=1S/C17H10Br2O7/c18-12-13(19)17-11(15(23)16(12)24)9(5-26-17)14(22)7-1-3-8(4-2-7)25-6-10(20)21/h1-4,9H,5-6H2,(H,20,21). The lowest BCUT2D eigenvalue weighted by Crippen LogP contribution is -2.28. The molecule has 7 nitrogen and oxygen atoms in total. The number of halogens is 2. The van der Waals surface area contributed by atoms with E-state index in [1.807, 2.05) is 0 Å². The highest BCUT2D eigenvalue weighted by molar-refractivity contribution is 9.14. The van der Waals surface area contributed by atoms with Gasteiger partial charge in [-0.1, -0.05) is 0 Å². The second kappa shape index (κ2) is 7.16. The lowest BCUT2D eigenvalue weighted by molar-refractivity contribution is -0.139. The monoisotopic (exact) mass is 484 g/mol. The number of carboxylic acids is 1. The average Bonchev–Trinajstić information content (AvgIpc) is 3.08. The highest BCUT2D eigenvalue weighted by atomic mass is 79.9. The van der Waals surface area contributed by atoms with Gasteiger partial charge in [-0.05, 0) is 56.1 Å². The SMILES string of the molecule is O=C(O)COc1ccc(C(=O)C2COC3=C2C(=O)C(=O)C(Br)=C3Br)cc1. The summed E-state index contributed by atoms with van der Waals surface area (Å²) in [6.45, 7) is -0.541. The molecular formula is C17H10Br2O7. The Balaban J connectivity index is 1.85. The molecule has 0 aromatic heterocycles. The third-order valence-electron chi connectivity index (χ3n) is 3.85. The molecule has 0 radical (unpaired) electrons. The average molecular weight is 486 g/mol. The fraction of sp³-hybridized carbons (Fsp3) is 0.176. The number of rotatable bonds is 5. The minimum Gasteiger partial charge on any atom is -0.491 e. The molecule has 1 atom stereocenters. The minimum absolute atomic E-state index is 0.0429. The second-order valence-electron chi connectivity index (χ2n) is 5.46. The summed E-state index contributed by atoms with van der Waals surface area (Å²) < 4.78 is 10.8. The predicted molar refractivity (Wildman–Crippen MR) is 95.3 cm³/mol. The Morgan fingerprint density at radius 2 is 1.77 bits per heavy atom. The van der Waals surface area contributed by atoms with E-state index in [0.717, 1.165) is 0 Å². The molecule has 2 aliphatic rings. The van der Waals surface area contributed by atoms with Crippen molar-refractivity contribution in [1.29, 1.82) is 0 Å². The van der Waals surface area contributed by atoms with Crippen molar-refractivity contribution in [3.05, 3.63) is 50.1 Å². The summed E-state index contributed by atoms with van der Waals surface area (Å²) in [6, 6.07) is 5.85. The first-order chi connectivity index (χ1) is 12.3. The number of hydrogen-bond acceptors (Lipinski definition) is 6. The molecular weight excluding hydrogens is 476 g/mol. The fourth-order valence-corrected chi connectivity index (χ4v) is 3.49. The number of aliphatic carboxylic acids is 1. The zero-order chi connectivity index (χ0) is 19.0. The Bertz CT molecular complexity index is 896. The first-order valence-corrected chi connectivity index (χ1v) is 8.90. The van der Waals surface area contributed by atoms with Gasteiger partial charge in [0, 0.05) is 5.56 Å². The van der Waals surface area contributed by atoms with Gasteiger partial charge in [-0.2, -0.15) is 0 Å². The number of carboxylic acid groups (broad SMARTS) is 1. The quantitative estimate of drug-likeness (QED) is 0.387. The molecule has 0 spiro atoms. The van der Waals surface area contributed by atoms with Gasteiger partial charge < -0.3 is 14.6 Å². The summed E-state index contributed by atoms with van der Waals surface area (Å²) in [5.41, 5.74) is 0.335. The maximum atomic E-state index is 12.8. The van der Waals surface area contributed by atoms with Crippen LogP contribution in [0.15, 0.2) is 44.6 Å². The predicted octanol–water partition coefficient (Wildman–Crippen LogP) is 2.39. The van der Waals surface area contributed by atoms with Crippen molar-refractivity contribution in [1.82, 2.24) is 0 Å². The number of carbonyl (C=O) groups excluding carboxylic acids is 3. The Hall–Kier alpha value is -2.26. The van der Waals surface area contributed by atoms with Crippen LogP contribution in [0, 0.1) is 5.92 Å². The van der Waals surface area contributed by atoms with E-state index >= 15 is 0 Å². The van der Waals surface area contributed by atoms with E-state index in [1.54, 1.807) is 0 Å². The molecule has 134 valence electrons. The van der Waals surface area contributed by atoms with Gasteiger partial charge in [0.25, 0.3) is 0 Å². The molecule has 9 heteroatoms. The molecule has 1 heterocycles. The molecule has 1 aromatic carbocycles. The minimum atomic E-state index is -1.11. The Kier molecular flexibility index (Phi) is 5.10. The van der Waals surface area contributed by atoms with Crippen molar-refractivity contribution < 1.29 is 33.8 Å². The second-order valence-corrected chi connectivity index (χ2v) is 7.05. The Morgan fingerprint density at radius 1 is 1.12 bits per heavy atom. The normalized spacial score (nSPS) is 19.4. The van der Waals surface area contributed by atoms with E-state index in [4.69, 9.17) is 14.6 Å². The summed E-state index contributed by atoms with van der Waals surface area (Å²) >= 11 is 6.24. The van der Waals surface area contributed by atoms with Crippen molar-refractivity contribution in [2.45, 2.75) is 0 Å². The van der Waals surface area contributed by atoms with E-state index in [1.165, 1.54) is 24.3 Å². The molecule has 26 heavy (non-hydrogen) atoms. The van der Waals surface area contributed by atoms with Crippen molar-refractivity contribution in [3.63, 3.8) is 0 Å². The number of allylic oxidation sites excluding steroid dienone is 2. The molecule has 0 saturated heterocycles. The molecule has 1 aliphatic heterocycles. The van der Waals surface area contributed by atoms with Crippen LogP contribution in [0.25, 0.3) is 0 Å². The first-order valence-electron chi connectivity index (χ1n) is 7.31. The molecule has 1 aromatic rings. The smallest absolute Gasteiger partial charge is 0.341 e. The van der Waals surface area contributed by atoms with E-state index in [-0.39, 0.29) is 28.2 Å². The van der Waals surface area contributed by atoms with Gasteiger partial charge in [0.15, 0.2) is 12.4 Å². The Morgan fingerprint density at radius 3 is 2.38 bits per heavy atom. The number of ether oxygens (including phenoxy) is 2. The third kappa shape index (κ3) is 3.24. The van der Waals surface area contributed by atoms with Crippen LogP contribution in [0.2, 0.25) is 0 Å².